The summed E-state index contributed by atoms with van der Waals surface area (Å²) in [7, 11) is 0. The maximum Gasteiger partial charge on any atom is 0.427 e. The molecule has 0 aliphatic carbocycles. The molecule has 4 nitrogen and oxygen atoms in total. The Hall–Kier alpha value is -2.10. The van der Waals surface area contributed by atoms with E-state index in [4.69, 9.17) is 0 Å². The zero-order valence-corrected chi connectivity index (χ0v) is 10.0. The maximum atomic E-state index is 11.0. The van der Waals surface area contributed by atoms with Crippen LogP contribution >= 0.6 is 0 Å². The number of hydrogen-bond donors (Lipinski definition) is 1. The SMILES string of the molecule is CCOC(=O)N/N=C(C)\C=C\c1ccccc1. The van der Waals surface area contributed by atoms with Gasteiger partial charge in [0.15, 0.2) is 0 Å². The van der Waals surface area contributed by atoms with E-state index in [0.29, 0.717) is 12.3 Å². The van der Waals surface area contributed by atoms with Crippen LogP contribution < -0.4 is 5.43 Å². The third-order valence-electron chi connectivity index (χ3n) is 1.92. The first-order valence-electron chi connectivity index (χ1n) is 5.42. The molecule has 0 saturated heterocycles. The van der Waals surface area contributed by atoms with Crippen LogP contribution in [0.5, 0.6) is 0 Å². The second-order valence-corrected chi connectivity index (χ2v) is 3.33. The molecule has 0 aliphatic heterocycles. The fourth-order valence-electron chi connectivity index (χ4n) is 1.12. The van der Waals surface area contributed by atoms with Crippen molar-refractivity contribution in [3.63, 3.8) is 0 Å². The monoisotopic (exact) mass is 232 g/mol. The molecule has 0 fully saturated rings. The highest BCUT2D eigenvalue weighted by molar-refractivity contribution is 5.96. The summed E-state index contributed by atoms with van der Waals surface area (Å²) in [5, 5.41) is 3.86. The number of allylic oxidation sites excluding steroid dienone is 1. The van der Waals surface area contributed by atoms with Crippen LogP contribution in [0.25, 0.3) is 6.08 Å². The van der Waals surface area contributed by atoms with Gasteiger partial charge in [0.1, 0.15) is 0 Å². The van der Waals surface area contributed by atoms with Crippen molar-refractivity contribution in [1.82, 2.24) is 5.43 Å². The van der Waals surface area contributed by atoms with Gasteiger partial charge in [-0.2, -0.15) is 5.10 Å². The van der Waals surface area contributed by atoms with Gasteiger partial charge in [0.2, 0.25) is 0 Å². The molecule has 0 radical (unpaired) electrons. The third-order valence-corrected chi connectivity index (χ3v) is 1.92. The summed E-state index contributed by atoms with van der Waals surface area (Å²) >= 11 is 0. The molecule has 0 saturated carbocycles. The number of ether oxygens (including phenoxy) is 1. The van der Waals surface area contributed by atoms with Crippen LogP contribution in [0.2, 0.25) is 0 Å². The number of amides is 1. The van der Waals surface area contributed by atoms with E-state index in [9.17, 15) is 4.79 Å². The van der Waals surface area contributed by atoms with E-state index in [0.717, 1.165) is 5.56 Å². The molecule has 0 aliphatic rings. The molecule has 0 heterocycles. The van der Waals surface area contributed by atoms with Gasteiger partial charge in [0, 0.05) is 0 Å². The number of carbonyl (C=O) groups excluding carboxylic acids is 1. The Morgan fingerprint density at radius 3 is 2.76 bits per heavy atom. The van der Waals surface area contributed by atoms with Gasteiger partial charge in [-0.3, -0.25) is 0 Å². The number of nitrogens with zero attached hydrogens (tertiary/aromatic N) is 1. The highest BCUT2D eigenvalue weighted by Crippen LogP contribution is 2.00. The molecular formula is C13H16N2O2. The van der Waals surface area contributed by atoms with Crippen molar-refractivity contribution in [3.05, 3.63) is 42.0 Å². The number of carbonyl (C=O) groups is 1. The van der Waals surface area contributed by atoms with Crippen LogP contribution in [0.15, 0.2) is 41.5 Å². The lowest BCUT2D eigenvalue weighted by Crippen LogP contribution is -2.19. The zero-order valence-electron chi connectivity index (χ0n) is 10.0. The summed E-state index contributed by atoms with van der Waals surface area (Å²) in [5.74, 6) is 0. The Bertz CT molecular complexity index is 411. The van der Waals surface area contributed by atoms with Crippen molar-refractivity contribution in [2.45, 2.75) is 13.8 Å². The van der Waals surface area contributed by atoms with Gasteiger partial charge >= 0.3 is 6.09 Å². The molecule has 0 unspecified atom stereocenters. The molecule has 1 amide bonds. The standard InChI is InChI=1S/C13H16N2O2/c1-3-17-13(16)15-14-11(2)9-10-12-7-5-4-6-8-12/h4-10H,3H2,1-2H3,(H,15,16)/b10-9+,14-11-. The third kappa shape index (κ3) is 5.51. The minimum absolute atomic E-state index is 0.334. The molecular weight excluding hydrogens is 216 g/mol. The van der Waals surface area contributed by atoms with Crippen molar-refractivity contribution >= 4 is 17.9 Å². The second kappa shape index (κ2) is 7.22. The summed E-state index contributed by atoms with van der Waals surface area (Å²) < 4.78 is 4.67. The Morgan fingerprint density at radius 2 is 2.12 bits per heavy atom. The predicted molar refractivity (Wildman–Crippen MR) is 68.7 cm³/mol. The molecule has 1 aromatic rings. The van der Waals surface area contributed by atoms with Crippen molar-refractivity contribution in [1.29, 1.82) is 0 Å². The van der Waals surface area contributed by atoms with E-state index in [1.54, 1.807) is 13.8 Å². The van der Waals surface area contributed by atoms with Crippen molar-refractivity contribution < 1.29 is 9.53 Å². The lowest BCUT2D eigenvalue weighted by molar-refractivity contribution is 0.152. The van der Waals surface area contributed by atoms with Crippen molar-refractivity contribution in [2.75, 3.05) is 6.61 Å². The number of benzene rings is 1. The second-order valence-electron chi connectivity index (χ2n) is 3.33. The predicted octanol–water partition coefficient (Wildman–Crippen LogP) is 2.82. The highest BCUT2D eigenvalue weighted by Gasteiger charge is 1.95. The van der Waals surface area contributed by atoms with Crippen LogP contribution in [0.3, 0.4) is 0 Å². The first-order chi connectivity index (χ1) is 8.22. The van der Waals surface area contributed by atoms with E-state index in [1.165, 1.54) is 0 Å². The largest absolute Gasteiger partial charge is 0.449 e. The summed E-state index contributed by atoms with van der Waals surface area (Å²) in [5.41, 5.74) is 4.07. The zero-order chi connectivity index (χ0) is 12.5. The van der Waals surface area contributed by atoms with E-state index >= 15 is 0 Å². The molecule has 1 N–H and O–H groups in total. The average Bonchev–Trinajstić information content (AvgIpc) is 2.35. The Labute approximate surface area is 101 Å². The first kappa shape index (κ1) is 13.0. The molecule has 1 aromatic carbocycles. The normalized spacial score (nSPS) is 11.5. The van der Waals surface area contributed by atoms with Crippen molar-refractivity contribution in [2.24, 2.45) is 5.10 Å². The Kier molecular flexibility index (Phi) is 5.51. The quantitative estimate of drug-likeness (QED) is 0.641. The van der Waals surface area contributed by atoms with Gasteiger partial charge in [0.05, 0.1) is 12.3 Å². The van der Waals surface area contributed by atoms with Crippen LogP contribution in [0, 0.1) is 0 Å². The lowest BCUT2D eigenvalue weighted by atomic mass is 10.2. The van der Waals surface area contributed by atoms with Gasteiger partial charge in [-0.05, 0) is 25.5 Å². The summed E-state index contributed by atoms with van der Waals surface area (Å²) in [6.45, 7) is 3.87. The smallest absolute Gasteiger partial charge is 0.427 e. The highest BCUT2D eigenvalue weighted by atomic mass is 16.5. The topological polar surface area (TPSA) is 50.7 Å². The lowest BCUT2D eigenvalue weighted by Gasteiger charge is -1.99. The van der Waals surface area contributed by atoms with Gasteiger partial charge < -0.3 is 4.74 Å². The minimum atomic E-state index is -0.542. The molecule has 1 rings (SSSR count). The van der Waals surface area contributed by atoms with E-state index in [1.807, 2.05) is 42.5 Å². The maximum absolute atomic E-state index is 11.0. The number of rotatable bonds is 4. The molecule has 0 bridgehead atoms. The van der Waals surface area contributed by atoms with Gasteiger partial charge in [-0.25, -0.2) is 10.2 Å². The van der Waals surface area contributed by atoms with Crippen LogP contribution in [0.4, 0.5) is 4.79 Å². The fourth-order valence-corrected chi connectivity index (χ4v) is 1.12. The minimum Gasteiger partial charge on any atom is -0.449 e. The Morgan fingerprint density at radius 1 is 1.41 bits per heavy atom. The van der Waals surface area contributed by atoms with E-state index in [-0.39, 0.29) is 0 Å². The molecule has 17 heavy (non-hydrogen) atoms. The number of hydrazone groups is 1. The van der Waals surface area contributed by atoms with Gasteiger partial charge in [-0.1, -0.05) is 36.4 Å². The number of nitrogens with one attached hydrogen (secondary N) is 1. The average molecular weight is 232 g/mol. The number of hydrogen-bond acceptors (Lipinski definition) is 3. The van der Waals surface area contributed by atoms with Crippen LogP contribution in [-0.4, -0.2) is 18.4 Å². The molecule has 0 atom stereocenters. The summed E-state index contributed by atoms with van der Waals surface area (Å²) in [4.78, 5) is 11.0. The van der Waals surface area contributed by atoms with Crippen LogP contribution in [-0.2, 0) is 4.74 Å². The Balaban J connectivity index is 2.48. The fraction of sp³-hybridized carbons (Fsp3) is 0.231. The molecule has 0 spiro atoms. The van der Waals surface area contributed by atoms with E-state index in [2.05, 4.69) is 15.3 Å². The van der Waals surface area contributed by atoms with Gasteiger partial charge in [0.25, 0.3) is 0 Å². The van der Waals surface area contributed by atoms with Crippen LogP contribution in [0.1, 0.15) is 19.4 Å². The first-order valence-corrected chi connectivity index (χ1v) is 5.42. The summed E-state index contributed by atoms with van der Waals surface area (Å²) in [6.07, 6.45) is 3.20. The molecule has 0 aromatic heterocycles. The summed E-state index contributed by atoms with van der Waals surface area (Å²) in [6, 6.07) is 9.86. The van der Waals surface area contributed by atoms with Crippen molar-refractivity contribution in [3.8, 4) is 0 Å². The van der Waals surface area contributed by atoms with Gasteiger partial charge in [-0.15, -0.1) is 0 Å². The van der Waals surface area contributed by atoms with E-state index < -0.39 is 6.09 Å². The molecule has 90 valence electrons. The molecule has 4 heteroatoms.